The van der Waals surface area contributed by atoms with Gasteiger partial charge in [0.05, 0.1) is 0 Å². The van der Waals surface area contributed by atoms with Gasteiger partial charge in [-0.15, -0.1) is 5.10 Å². The molecular formula is C15H9F3N6. The highest BCUT2D eigenvalue weighted by Crippen LogP contribution is 2.29. The number of hydrogen-bond acceptors (Lipinski definition) is 5. The summed E-state index contributed by atoms with van der Waals surface area (Å²) in [5, 5.41) is 17.1. The van der Waals surface area contributed by atoms with E-state index in [1.54, 1.807) is 31.3 Å². The first kappa shape index (κ1) is 15.6. The maximum absolute atomic E-state index is 12.7. The molecule has 0 N–H and O–H groups in total. The van der Waals surface area contributed by atoms with E-state index < -0.39 is 11.9 Å². The molecule has 0 unspecified atom stereocenters. The molecule has 0 aliphatic rings. The Kier molecular flexibility index (Phi) is 3.73. The van der Waals surface area contributed by atoms with Crippen LogP contribution in [0, 0.1) is 11.3 Å². The number of halogens is 3. The van der Waals surface area contributed by atoms with E-state index in [4.69, 9.17) is 5.26 Å². The second-order valence-electron chi connectivity index (χ2n) is 4.84. The van der Waals surface area contributed by atoms with Crippen LogP contribution in [0.25, 0.3) is 22.6 Å². The summed E-state index contributed by atoms with van der Waals surface area (Å²) >= 11 is 0. The Labute approximate surface area is 134 Å². The lowest BCUT2D eigenvalue weighted by Crippen LogP contribution is -2.08. The third-order valence-corrected chi connectivity index (χ3v) is 3.18. The molecule has 0 atom stereocenters. The average Bonchev–Trinajstić information content (AvgIpc) is 2.95. The smallest absolute Gasteiger partial charge is 0.237 e. The molecule has 0 spiro atoms. The number of rotatable bonds is 2. The normalized spacial score (nSPS) is 11.3. The fourth-order valence-corrected chi connectivity index (χ4v) is 2.11. The molecule has 24 heavy (non-hydrogen) atoms. The van der Waals surface area contributed by atoms with Crippen LogP contribution in [0.4, 0.5) is 13.2 Å². The molecule has 0 saturated carbocycles. The predicted octanol–water partition coefficient (Wildman–Crippen LogP) is 2.83. The maximum Gasteiger partial charge on any atom is 0.433 e. The van der Waals surface area contributed by atoms with Crippen LogP contribution in [0.5, 0.6) is 0 Å². The van der Waals surface area contributed by atoms with Crippen LogP contribution in [0.1, 0.15) is 11.4 Å². The van der Waals surface area contributed by atoms with Crippen molar-refractivity contribution < 1.29 is 13.2 Å². The van der Waals surface area contributed by atoms with Crippen molar-refractivity contribution in [2.24, 2.45) is 7.05 Å². The Hall–Kier alpha value is -3.28. The van der Waals surface area contributed by atoms with Gasteiger partial charge in [-0.1, -0.05) is 24.3 Å². The summed E-state index contributed by atoms with van der Waals surface area (Å²) in [4.78, 5) is 8.68. The Bertz CT molecular complexity index is 922. The summed E-state index contributed by atoms with van der Waals surface area (Å²) < 4.78 is 38.1. The molecule has 0 aliphatic carbocycles. The molecule has 0 aliphatic heterocycles. The Morgan fingerprint density at radius 3 is 2.33 bits per heavy atom. The van der Waals surface area contributed by atoms with E-state index in [-0.39, 0.29) is 11.5 Å². The van der Waals surface area contributed by atoms with Gasteiger partial charge in [0, 0.05) is 24.4 Å². The molecule has 120 valence electrons. The largest absolute Gasteiger partial charge is 0.433 e. The second kappa shape index (κ2) is 5.73. The van der Waals surface area contributed by atoms with Crippen LogP contribution in [-0.4, -0.2) is 25.0 Å². The van der Waals surface area contributed by atoms with Crippen molar-refractivity contribution in [1.29, 1.82) is 5.26 Å². The van der Waals surface area contributed by atoms with Crippen LogP contribution >= 0.6 is 0 Å². The first-order chi connectivity index (χ1) is 11.4. The summed E-state index contributed by atoms with van der Waals surface area (Å²) in [6.45, 7) is 0. The van der Waals surface area contributed by atoms with Gasteiger partial charge < -0.3 is 0 Å². The summed E-state index contributed by atoms with van der Waals surface area (Å²) in [6.07, 6.45) is -3.46. The van der Waals surface area contributed by atoms with Crippen LogP contribution in [0.3, 0.4) is 0 Å². The maximum atomic E-state index is 12.7. The van der Waals surface area contributed by atoms with Crippen molar-refractivity contribution in [2.45, 2.75) is 6.18 Å². The molecule has 1 aromatic carbocycles. The summed E-state index contributed by atoms with van der Waals surface area (Å²) in [7, 11) is 1.59. The van der Waals surface area contributed by atoms with Gasteiger partial charge in [-0.2, -0.15) is 28.3 Å². The van der Waals surface area contributed by atoms with Crippen LogP contribution in [0.2, 0.25) is 0 Å². The van der Waals surface area contributed by atoms with Crippen LogP contribution in [0.15, 0.2) is 36.5 Å². The minimum atomic E-state index is -4.53. The Balaban J connectivity index is 1.97. The quantitative estimate of drug-likeness (QED) is 0.722. The monoisotopic (exact) mass is 330 g/mol. The first-order valence-corrected chi connectivity index (χ1v) is 6.71. The molecule has 2 aromatic heterocycles. The highest BCUT2D eigenvalue weighted by molar-refractivity contribution is 5.68. The van der Waals surface area contributed by atoms with E-state index in [2.05, 4.69) is 20.2 Å². The molecule has 0 fully saturated rings. The van der Waals surface area contributed by atoms with Crippen molar-refractivity contribution in [3.05, 3.63) is 47.9 Å². The minimum absolute atomic E-state index is 0.0315. The number of aromatic nitrogens is 5. The van der Waals surface area contributed by atoms with Gasteiger partial charge in [-0.25, -0.2) is 9.97 Å². The third-order valence-electron chi connectivity index (χ3n) is 3.18. The molecule has 0 bridgehead atoms. The molecule has 3 aromatic rings. The van der Waals surface area contributed by atoms with Gasteiger partial charge in [0.2, 0.25) is 0 Å². The molecule has 0 radical (unpaired) electrons. The third kappa shape index (κ3) is 2.94. The molecule has 0 amide bonds. The molecule has 6 nitrogen and oxygen atoms in total. The number of nitrogens with zero attached hydrogens (tertiary/aromatic N) is 6. The van der Waals surface area contributed by atoms with E-state index in [9.17, 15) is 13.2 Å². The van der Waals surface area contributed by atoms with E-state index in [1.165, 1.54) is 4.80 Å². The summed E-state index contributed by atoms with van der Waals surface area (Å²) in [5.74, 6) is -0.0315. The lowest BCUT2D eigenvalue weighted by molar-refractivity contribution is -0.141. The zero-order valence-electron chi connectivity index (χ0n) is 12.3. The Morgan fingerprint density at radius 1 is 1.04 bits per heavy atom. The first-order valence-electron chi connectivity index (χ1n) is 6.71. The number of benzene rings is 1. The standard InChI is InChI=1S/C15H9F3N6/c1-24-22-11(8-19)13(23-24)9-2-4-10(5-3-9)14-20-7-6-12(21-14)15(16,17)18/h2-7H,1H3. The molecule has 9 heteroatoms. The van der Waals surface area contributed by atoms with Gasteiger partial charge in [0.1, 0.15) is 17.5 Å². The van der Waals surface area contributed by atoms with Crippen molar-refractivity contribution in [3.63, 3.8) is 0 Å². The van der Waals surface area contributed by atoms with E-state index in [0.717, 1.165) is 12.3 Å². The predicted molar refractivity (Wildman–Crippen MR) is 77.2 cm³/mol. The summed E-state index contributed by atoms with van der Waals surface area (Å²) in [5.41, 5.74) is 0.608. The van der Waals surface area contributed by atoms with Crippen molar-refractivity contribution in [2.75, 3.05) is 0 Å². The minimum Gasteiger partial charge on any atom is -0.237 e. The second-order valence-corrected chi connectivity index (χ2v) is 4.84. The number of aryl methyl sites for hydroxylation is 1. The fourth-order valence-electron chi connectivity index (χ4n) is 2.11. The zero-order chi connectivity index (χ0) is 17.3. The van der Waals surface area contributed by atoms with Gasteiger partial charge in [0.25, 0.3) is 0 Å². The molecule has 2 heterocycles. The molecule has 3 rings (SSSR count). The number of nitriles is 1. The SMILES string of the molecule is Cn1nc(C#N)c(-c2ccc(-c3nccc(C(F)(F)F)n3)cc2)n1. The lowest BCUT2D eigenvalue weighted by atomic mass is 10.1. The number of hydrogen-bond donors (Lipinski definition) is 0. The van der Waals surface area contributed by atoms with Crippen LogP contribution in [-0.2, 0) is 13.2 Å². The topological polar surface area (TPSA) is 80.3 Å². The summed E-state index contributed by atoms with van der Waals surface area (Å²) in [6, 6.07) is 9.15. The average molecular weight is 330 g/mol. The van der Waals surface area contributed by atoms with Gasteiger partial charge in [-0.3, -0.25) is 0 Å². The van der Waals surface area contributed by atoms with Crippen LogP contribution < -0.4 is 0 Å². The van der Waals surface area contributed by atoms with E-state index in [0.29, 0.717) is 16.8 Å². The number of alkyl halides is 3. The fraction of sp³-hybridized carbons (Fsp3) is 0.133. The van der Waals surface area contributed by atoms with Gasteiger partial charge >= 0.3 is 6.18 Å². The van der Waals surface area contributed by atoms with Gasteiger partial charge in [0.15, 0.2) is 11.5 Å². The highest BCUT2D eigenvalue weighted by Gasteiger charge is 2.32. The van der Waals surface area contributed by atoms with Gasteiger partial charge in [-0.05, 0) is 6.07 Å². The van der Waals surface area contributed by atoms with E-state index in [1.807, 2.05) is 6.07 Å². The molecule has 0 saturated heterocycles. The van der Waals surface area contributed by atoms with Crippen molar-refractivity contribution in [3.8, 4) is 28.7 Å². The van der Waals surface area contributed by atoms with E-state index >= 15 is 0 Å². The molecular weight excluding hydrogens is 321 g/mol. The zero-order valence-corrected chi connectivity index (χ0v) is 12.3. The lowest BCUT2D eigenvalue weighted by Gasteiger charge is -2.07. The Morgan fingerprint density at radius 2 is 1.71 bits per heavy atom. The van der Waals surface area contributed by atoms with Crippen molar-refractivity contribution >= 4 is 0 Å². The van der Waals surface area contributed by atoms with Crippen molar-refractivity contribution in [1.82, 2.24) is 25.0 Å². The highest BCUT2D eigenvalue weighted by atomic mass is 19.4.